The van der Waals surface area contributed by atoms with Gasteiger partial charge in [0.2, 0.25) is 0 Å². The molecule has 18 heavy (non-hydrogen) atoms. The molecule has 1 atom stereocenters. The minimum atomic E-state index is -0.527. The SMILES string of the molecule is CC(O)CCNC(=O)COc1ccc(Br)cc1F. The molecule has 0 aromatic heterocycles. The van der Waals surface area contributed by atoms with E-state index in [2.05, 4.69) is 21.2 Å². The van der Waals surface area contributed by atoms with Gasteiger partial charge in [-0.2, -0.15) is 0 Å². The Kier molecular flexibility index (Phi) is 6.07. The van der Waals surface area contributed by atoms with Crippen molar-refractivity contribution in [1.82, 2.24) is 5.32 Å². The molecule has 6 heteroatoms. The first kappa shape index (κ1) is 14.9. The average Bonchev–Trinajstić information content (AvgIpc) is 2.27. The fourth-order valence-corrected chi connectivity index (χ4v) is 1.54. The van der Waals surface area contributed by atoms with Crippen LogP contribution < -0.4 is 10.1 Å². The van der Waals surface area contributed by atoms with E-state index in [4.69, 9.17) is 9.84 Å². The summed E-state index contributed by atoms with van der Waals surface area (Å²) in [6.07, 6.45) is 0.00778. The first-order valence-electron chi connectivity index (χ1n) is 5.51. The minimum absolute atomic E-state index is 0.0314. The van der Waals surface area contributed by atoms with Gasteiger partial charge in [0.15, 0.2) is 18.2 Å². The zero-order chi connectivity index (χ0) is 13.5. The van der Waals surface area contributed by atoms with Gasteiger partial charge in [-0.25, -0.2) is 4.39 Å². The van der Waals surface area contributed by atoms with E-state index in [-0.39, 0.29) is 18.3 Å². The molecule has 0 saturated heterocycles. The molecule has 0 bridgehead atoms. The highest BCUT2D eigenvalue weighted by atomic mass is 79.9. The first-order chi connectivity index (χ1) is 8.49. The van der Waals surface area contributed by atoms with Crippen molar-refractivity contribution in [2.45, 2.75) is 19.4 Å². The number of amides is 1. The number of hydrogen-bond donors (Lipinski definition) is 2. The van der Waals surface area contributed by atoms with Gasteiger partial charge in [0.05, 0.1) is 6.10 Å². The molecular weight excluding hydrogens is 305 g/mol. The van der Waals surface area contributed by atoms with Gasteiger partial charge >= 0.3 is 0 Å². The number of nitrogens with one attached hydrogen (secondary N) is 1. The van der Waals surface area contributed by atoms with E-state index in [1.165, 1.54) is 12.1 Å². The highest BCUT2D eigenvalue weighted by Crippen LogP contribution is 2.21. The lowest BCUT2D eigenvalue weighted by Crippen LogP contribution is -2.31. The van der Waals surface area contributed by atoms with E-state index in [0.29, 0.717) is 17.4 Å². The zero-order valence-electron chi connectivity index (χ0n) is 9.95. The van der Waals surface area contributed by atoms with Crippen LogP contribution in [-0.4, -0.2) is 30.3 Å². The van der Waals surface area contributed by atoms with E-state index in [9.17, 15) is 9.18 Å². The maximum absolute atomic E-state index is 13.3. The molecule has 0 heterocycles. The fraction of sp³-hybridized carbons (Fsp3) is 0.417. The summed E-state index contributed by atoms with van der Waals surface area (Å²) in [6.45, 7) is 1.75. The summed E-state index contributed by atoms with van der Waals surface area (Å²) in [7, 11) is 0. The van der Waals surface area contributed by atoms with Crippen molar-refractivity contribution in [3.8, 4) is 5.75 Å². The Bertz CT molecular complexity index is 412. The van der Waals surface area contributed by atoms with Gasteiger partial charge < -0.3 is 15.2 Å². The normalized spacial score (nSPS) is 12.0. The maximum Gasteiger partial charge on any atom is 0.257 e. The molecule has 1 amide bonds. The summed E-state index contributed by atoms with van der Waals surface area (Å²) in [5.74, 6) is -0.844. The molecule has 0 saturated carbocycles. The number of aliphatic hydroxyl groups is 1. The summed E-state index contributed by atoms with van der Waals surface area (Å²) < 4.78 is 19.0. The molecule has 0 aliphatic heterocycles. The Hall–Kier alpha value is -1.14. The Morgan fingerprint density at radius 2 is 2.33 bits per heavy atom. The van der Waals surface area contributed by atoms with Crippen molar-refractivity contribution in [2.24, 2.45) is 0 Å². The molecule has 4 nitrogen and oxygen atoms in total. The van der Waals surface area contributed by atoms with Gasteiger partial charge in [-0.3, -0.25) is 4.79 Å². The van der Waals surface area contributed by atoms with Gasteiger partial charge in [0.1, 0.15) is 0 Å². The Morgan fingerprint density at radius 3 is 2.94 bits per heavy atom. The van der Waals surface area contributed by atoms with Gasteiger partial charge in [0.25, 0.3) is 5.91 Å². The van der Waals surface area contributed by atoms with Crippen molar-refractivity contribution in [2.75, 3.05) is 13.2 Å². The van der Waals surface area contributed by atoms with E-state index < -0.39 is 11.9 Å². The number of rotatable bonds is 6. The second kappa shape index (κ2) is 7.33. The van der Waals surface area contributed by atoms with E-state index in [1.54, 1.807) is 13.0 Å². The first-order valence-corrected chi connectivity index (χ1v) is 6.31. The smallest absolute Gasteiger partial charge is 0.257 e. The number of benzene rings is 1. The lowest BCUT2D eigenvalue weighted by atomic mass is 10.3. The summed E-state index contributed by atoms with van der Waals surface area (Å²) >= 11 is 3.13. The zero-order valence-corrected chi connectivity index (χ0v) is 11.5. The van der Waals surface area contributed by atoms with Crippen molar-refractivity contribution in [1.29, 1.82) is 0 Å². The molecule has 1 rings (SSSR count). The molecule has 0 fully saturated rings. The Morgan fingerprint density at radius 1 is 1.61 bits per heavy atom. The van der Waals surface area contributed by atoms with Crippen molar-refractivity contribution in [3.63, 3.8) is 0 Å². The third-order valence-electron chi connectivity index (χ3n) is 2.14. The van der Waals surface area contributed by atoms with Crippen LogP contribution in [0.4, 0.5) is 4.39 Å². The van der Waals surface area contributed by atoms with Crippen LogP contribution in [0, 0.1) is 5.82 Å². The third-order valence-corrected chi connectivity index (χ3v) is 2.63. The van der Waals surface area contributed by atoms with Crippen LogP contribution in [0.25, 0.3) is 0 Å². The molecule has 0 radical (unpaired) electrons. The number of hydrogen-bond acceptors (Lipinski definition) is 3. The monoisotopic (exact) mass is 319 g/mol. The second-order valence-electron chi connectivity index (χ2n) is 3.85. The molecule has 1 aromatic carbocycles. The van der Waals surface area contributed by atoms with Gasteiger partial charge in [-0.05, 0) is 31.5 Å². The molecule has 100 valence electrons. The maximum atomic E-state index is 13.3. The fourth-order valence-electron chi connectivity index (χ4n) is 1.21. The molecule has 2 N–H and O–H groups in total. The van der Waals surface area contributed by atoms with E-state index >= 15 is 0 Å². The third kappa shape index (κ3) is 5.46. The summed E-state index contributed by atoms with van der Waals surface area (Å²) in [6, 6.07) is 4.34. The van der Waals surface area contributed by atoms with Gasteiger partial charge in [-0.15, -0.1) is 0 Å². The molecular formula is C12H15BrFNO3. The molecule has 0 aliphatic rings. The van der Waals surface area contributed by atoms with Crippen LogP contribution in [-0.2, 0) is 4.79 Å². The largest absolute Gasteiger partial charge is 0.481 e. The summed E-state index contributed by atoms with van der Waals surface area (Å²) in [5.41, 5.74) is 0. The molecule has 0 spiro atoms. The van der Waals surface area contributed by atoms with Crippen molar-refractivity contribution in [3.05, 3.63) is 28.5 Å². The van der Waals surface area contributed by atoms with E-state index in [1.807, 2.05) is 0 Å². The van der Waals surface area contributed by atoms with Crippen LogP contribution in [0.15, 0.2) is 22.7 Å². The van der Waals surface area contributed by atoms with Crippen LogP contribution in [0.2, 0.25) is 0 Å². The highest BCUT2D eigenvalue weighted by molar-refractivity contribution is 9.10. The summed E-state index contributed by atoms with van der Waals surface area (Å²) in [4.78, 5) is 11.3. The quantitative estimate of drug-likeness (QED) is 0.841. The number of halogens is 2. The van der Waals surface area contributed by atoms with E-state index in [0.717, 1.165) is 0 Å². The lowest BCUT2D eigenvalue weighted by Gasteiger charge is -2.09. The predicted molar refractivity (Wildman–Crippen MR) is 68.9 cm³/mol. The van der Waals surface area contributed by atoms with Gasteiger partial charge in [-0.1, -0.05) is 15.9 Å². The Labute approximate surface area is 113 Å². The number of carbonyl (C=O) groups excluding carboxylic acids is 1. The second-order valence-corrected chi connectivity index (χ2v) is 4.77. The highest BCUT2D eigenvalue weighted by Gasteiger charge is 2.07. The van der Waals surface area contributed by atoms with Crippen LogP contribution in [0.5, 0.6) is 5.75 Å². The molecule has 1 unspecified atom stereocenters. The standard InChI is InChI=1S/C12H15BrFNO3/c1-8(16)4-5-15-12(17)7-18-11-3-2-9(13)6-10(11)14/h2-3,6,8,16H,4-5,7H2,1H3,(H,15,17). The number of carbonyl (C=O) groups is 1. The van der Waals surface area contributed by atoms with Crippen molar-refractivity contribution < 1.29 is 19.0 Å². The average molecular weight is 320 g/mol. The number of aliphatic hydroxyl groups excluding tert-OH is 1. The minimum Gasteiger partial charge on any atom is -0.481 e. The van der Waals surface area contributed by atoms with Crippen LogP contribution >= 0.6 is 15.9 Å². The molecule has 0 aliphatic carbocycles. The number of ether oxygens (including phenoxy) is 1. The van der Waals surface area contributed by atoms with Gasteiger partial charge in [0, 0.05) is 11.0 Å². The van der Waals surface area contributed by atoms with Crippen LogP contribution in [0.1, 0.15) is 13.3 Å². The van der Waals surface area contributed by atoms with Crippen molar-refractivity contribution >= 4 is 21.8 Å². The van der Waals surface area contributed by atoms with Crippen LogP contribution in [0.3, 0.4) is 0 Å². The lowest BCUT2D eigenvalue weighted by molar-refractivity contribution is -0.123. The topological polar surface area (TPSA) is 58.6 Å². The Balaban J connectivity index is 2.33. The summed E-state index contributed by atoms with van der Waals surface area (Å²) in [5, 5.41) is 11.6. The predicted octanol–water partition coefficient (Wildman–Crippen LogP) is 1.85. The molecule has 1 aromatic rings.